The summed E-state index contributed by atoms with van der Waals surface area (Å²) >= 11 is 11.9. The average Bonchev–Trinajstić information content (AvgIpc) is 3.09. The minimum absolute atomic E-state index is 0.0551. The number of hydrogen-bond donors (Lipinski definition) is 2. The fraction of sp³-hybridized carbons (Fsp3) is 0.263. The molecule has 1 aliphatic heterocycles. The van der Waals surface area contributed by atoms with E-state index in [0.717, 1.165) is 6.42 Å². The van der Waals surface area contributed by atoms with E-state index in [-0.39, 0.29) is 23.8 Å². The van der Waals surface area contributed by atoms with E-state index in [4.69, 9.17) is 23.2 Å². The number of anilines is 2. The highest BCUT2D eigenvalue weighted by Gasteiger charge is 2.32. The maximum atomic E-state index is 12.7. The molecule has 29 heavy (non-hydrogen) atoms. The van der Waals surface area contributed by atoms with Crippen molar-refractivity contribution < 1.29 is 14.5 Å². The lowest BCUT2D eigenvalue weighted by Crippen LogP contribution is -2.43. The molecule has 1 saturated heterocycles. The maximum absolute atomic E-state index is 12.7. The quantitative estimate of drug-likeness (QED) is 0.526. The second-order valence-corrected chi connectivity index (χ2v) is 7.47. The van der Waals surface area contributed by atoms with E-state index in [1.165, 1.54) is 18.2 Å². The smallest absolute Gasteiger partial charge is 0.292 e. The largest absolute Gasteiger partial charge is 0.325 e. The van der Waals surface area contributed by atoms with E-state index in [0.29, 0.717) is 28.7 Å². The van der Waals surface area contributed by atoms with Crippen molar-refractivity contribution in [2.75, 3.05) is 23.7 Å². The summed E-state index contributed by atoms with van der Waals surface area (Å²) in [6.07, 6.45) is 1.35. The molecule has 1 atom stereocenters. The van der Waals surface area contributed by atoms with Crippen molar-refractivity contribution in [1.82, 2.24) is 4.90 Å². The number of rotatable bonds is 6. The number of halogens is 2. The first-order valence-electron chi connectivity index (χ1n) is 8.88. The van der Waals surface area contributed by atoms with Gasteiger partial charge in [-0.1, -0.05) is 35.3 Å². The van der Waals surface area contributed by atoms with Crippen LogP contribution in [-0.2, 0) is 9.59 Å². The van der Waals surface area contributed by atoms with Crippen molar-refractivity contribution in [1.29, 1.82) is 0 Å². The fourth-order valence-corrected chi connectivity index (χ4v) is 3.80. The van der Waals surface area contributed by atoms with Crippen molar-refractivity contribution in [3.8, 4) is 0 Å². The maximum Gasteiger partial charge on any atom is 0.292 e. The van der Waals surface area contributed by atoms with Crippen LogP contribution < -0.4 is 10.6 Å². The topological polar surface area (TPSA) is 105 Å². The molecule has 8 nitrogen and oxygen atoms in total. The van der Waals surface area contributed by atoms with Gasteiger partial charge in [0.15, 0.2) is 0 Å². The molecule has 2 aromatic carbocycles. The molecule has 0 bridgehead atoms. The number of para-hydroxylation sites is 2. The molecule has 1 unspecified atom stereocenters. The molecule has 0 saturated carbocycles. The van der Waals surface area contributed by atoms with Gasteiger partial charge in [-0.2, -0.15) is 0 Å². The highest BCUT2D eigenvalue weighted by atomic mass is 35.5. The highest BCUT2D eigenvalue weighted by Crippen LogP contribution is 2.25. The normalized spacial score (nSPS) is 16.4. The monoisotopic (exact) mass is 436 g/mol. The second-order valence-electron chi connectivity index (χ2n) is 6.60. The van der Waals surface area contributed by atoms with Gasteiger partial charge in [0.05, 0.1) is 17.5 Å². The first-order valence-corrected chi connectivity index (χ1v) is 9.63. The minimum atomic E-state index is -0.558. The Hall–Kier alpha value is -2.68. The molecule has 1 fully saturated rings. The number of carbonyl (C=O) groups excluding carboxylic acids is 2. The second kappa shape index (κ2) is 9.21. The Morgan fingerprint density at radius 2 is 1.83 bits per heavy atom. The summed E-state index contributed by atoms with van der Waals surface area (Å²) in [5.41, 5.74) is 0.411. The molecule has 0 radical (unpaired) electrons. The zero-order valence-corrected chi connectivity index (χ0v) is 16.7. The summed E-state index contributed by atoms with van der Waals surface area (Å²) in [6, 6.07) is 10.2. The Morgan fingerprint density at radius 1 is 1.14 bits per heavy atom. The first kappa shape index (κ1) is 21.0. The number of nitro groups is 1. The van der Waals surface area contributed by atoms with Crippen molar-refractivity contribution in [3.05, 3.63) is 62.6 Å². The molecule has 1 aliphatic rings. The van der Waals surface area contributed by atoms with Crippen LogP contribution in [0, 0.1) is 10.1 Å². The molecule has 2 N–H and O–H groups in total. The molecule has 0 aromatic heterocycles. The van der Waals surface area contributed by atoms with Crippen molar-refractivity contribution in [2.45, 2.75) is 18.9 Å². The number of carbonyl (C=O) groups is 2. The number of nitro benzene ring substituents is 1. The lowest BCUT2D eigenvalue weighted by molar-refractivity contribution is -0.383. The summed E-state index contributed by atoms with van der Waals surface area (Å²) in [5, 5.41) is 17.2. The van der Waals surface area contributed by atoms with Crippen LogP contribution in [0.15, 0.2) is 42.5 Å². The molecule has 152 valence electrons. The van der Waals surface area contributed by atoms with Crippen molar-refractivity contribution in [2.24, 2.45) is 0 Å². The van der Waals surface area contributed by atoms with Crippen LogP contribution in [0.1, 0.15) is 12.8 Å². The summed E-state index contributed by atoms with van der Waals surface area (Å²) in [7, 11) is 0. The summed E-state index contributed by atoms with van der Waals surface area (Å²) < 4.78 is 0. The summed E-state index contributed by atoms with van der Waals surface area (Å²) in [6.45, 7) is 0.513. The van der Waals surface area contributed by atoms with E-state index in [1.54, 1.807) is 29.2 Å². The Morgan fingerprint density at radius 3 is 2.52 bits per heavy atom. The van der Waals surface area contributed by atoms with E-state index in [1.807, 2.05) is 0 Å². The third kappa shape index (κ3) is 5.44. The number of nitrogens with one attached hydrogen (secondary N) is 2. The zero-order valence-electron chi connectivity index (χ0n) is 15.2. The number of likely N-dealkylation sites (tertiary alicyclic amines) is 1. The minimum Gasteiger partial charge on any atom is -0.325 e. The van der Waals surface area contributed by atoms with Crippen LogP contribution in [-0.4, -0.2) is 40.8 Å². The van der Waals surface area contributed by atoms with Crippen LogP contribution >= 0.6 is 23.2 Å². The fourth-order valence-electron chi connectivity index (χ4n) is 3.28. The van der Waals surface area contributed by atoms with Gasteiger partial charge in [-0.05, 0) is 43.7 Å². The highest BCUT2D eigenvalue weighted by molar-refractivity contribution is 6.35. The lowest BCUT2D eigenvalue weighted by Gasteiger charge is -2.23. The summed E-state index contributed by atoms with van der Waals surface area (Å²) in [5.74, 6) is -0.691. The van der Waals surface area contributed by atoms with Crippen LogP contribution in [0.3, 0.4) is 0 Å². The molecule has 3 rings (SSSR count). The van der Waals surface area contributed by atoms with Gasteiger partial charge < -0.3 is 10.6 Å². The van der Waals surface area contributed by atoms with Crippen molar-refractivity contribution >= 4 is 52.1 Å². The third-order valence-corrected chi connectivity index (χ3v) is 4.95. The van der Waals surface area contributed by atoms with Gasteiger partial charge in [0, 0.05) is 21.8 Å². The van der Waals surface area contributed by atoms with Crippen LogP contribution in [0.2, 0.25) is 10.0 Å². The SMILES string of the molecule is O=C(CN1CCCC1C(=O)Nc1cc(Cl)cc(Cl)c1)Nc1ccccc1[N+](=O)[O-]. The van der Waals surface area contributed by atoms with Gasteiger partial charge in [-0.15, -0.1) is 0 Å². The van der Waals surface area contributed by atoms with Gasteiger partial charge in [0.2, 0.25) is 11.8 Å². The van der Waals surface area contributed by atoms with E-state index < -0.39 is 16.9 Å². The Balaban J connectivity index is 1.64. The van der Waals surface area contributed by atoms with E-state index in [2.05, 4.69) is 10.6 Å². The van der Waals surface area contributed by atoms with Gasteiger partial charge in [-0.25, -0.2) is 0 Å². The molecule has 1 heterocycles. The van der Waals surface area contributed by atoms with Gasteiger partial charge >= 0.3 is 0 Å². The standard InChI is InChI=1S/C19H18Cl2N4O4/c20-12-8-13(21)10-14(9-12)22-19(27)17-6-3-7-24(17)11-18(26)23-15-4-1-2-5-16(15)25(28)29/h1-2,4-5,8-10,17H,3,6-7,11H2,(H,22,27)(H,23,26). The molecular weight excluding hydrogens is 419 g/mol. The third-order valence-electron chi connectivity index (χ3n) is 4.52. The Labute approximate surface area is 176 Å². The molecule has 0 aliphatic carbocycles. The van der Waals surface area contributed by atoms with Crippen LogP contribution in [0.25, 0.3) is 0 Å². The number of hydrogen-bond acceptors (Lipinski definition) is 5. The number of nitrogens with zero attached hydrogens (tertiary/aromatic N) is 2. The van der Waals surface area contributed by atoms with Crippen LogP contribution in [0.5, 0.6) is 0 Å². The molecular formula is C19H18Cl2N4O4. The van der Waals surface area contributed by atoms with Gasteiger partial charge in [0.25, 0.3) is 5.69 Å². The van der Waals surface area contributed by atoms with Crippen molar-refractivity contribution in [3.63, 3.8) is 0 Å². The Kier molecular flexibility index (Phi) is 6.68. The molecule has 2 aromatic rings. The average molecular weight is 437 g/mol. The van der Waals surface area contributed by atoms with Gasteiger partial charge in [0.1, 0.15) is 5.69 Å². The number of benzene rings is 2. The molecule has 0 spiro atoms. The van der Waals surface area contributed by atoms with Gasteiger partial charge in [-0.3, -0.25) is 24.6 Å². The lowest BCUT2D eigenvalue weighted by atomic mass is 10.2. The van der Waals surface area contributed by atoms with Crippen LogP contribution in [0.4, 0.5) is 17.1 Å². The number of amides is 2. The summed E-state index contributed by atoms with van der Waals surface area (Å²) in [4.78, 5) is 37.4. The first-order chi connectivity index (χ1) is 13.8. The Bertz CT molecular complexity index is 933. The molecule has 10 heteroatoms. The predicted octanol–water partition coefficient (Wildman–Crippen LogP) is 3.94. The van der Waals surface area contributed by atoms with E-state index in [9.17, 15) is 19.7 Å². The predicted molar refractivity (Wildman–Crippen MR) is 111 cm³/mol. The zero-order chi connectivity index (χ0) is 21.0. The van der Waals surface area contributed by atoms with E-state index >= 15 is 0 Å². The molecule has 2 amide bonds.